The number of hydrogen-bond donors (Lipinski definition) is 1. The summed E-state index contributed by atoms with van der Waals surface area (Å²) >= 11 is 5.91. The molecular weight excluding hydrogens is 268 g/mol. The van der Waals surface area contributed by atoms with Crippen molar-refractivity contribution in [3.63, 3.8) is 0 Å². The molecular formula is C17H21ClN2. The van der Waals surface area contributed by atoms with Gasteiger partial charge in [-0.2, -0.15) is 0 Å². The second kappa shape index (κ2) is 6.67. The molecule has 0 aliphatic rings. The summed E-state index contributed by atoms with van der Waals surface area (Å²) in [4.78, 5) is 2.12. The third kappa shape index (κ3) is 3.91. The maximum Gasteiger partial charge on any atom is 0.0596 e. The average Bonchev–Trinajstić information content (AvgIpc) is 2.41. The lowest BCUT2D eigenvalue weighted by molar-refractivity contribution is 0.790. The minimum Gasteiger partial charge on any atom is -0.381 e. The molecule has 0 amide bonds. The van der Waals surface area contributed by atoms with Crippen molar-refractivity contribution in [1.29, 1.82) is 0 Å². The molecule has 0 saturated carbocycles. The zero-order valence-corrected chi connectivity index (χ0v) is 13.0. The van der Waals surface area contributed by atoms with Crippen LogP contribution in [0.3, 0.4) is 0 Å². The molecule has 0 saturated heterocycles. The van der Waals surface area contributed by atoms with E-state index in [-0.39, 0.29) is 0 Å². The Balaban J connectivity index is 2.04. The number of rotatable bonds is 5. The fourth-order valence-electron chi connectivity index (χ4n) is 2.28. The molecule has 0 aromatic heterocycles. The van der Waals surface area contributed by atoms with Crippen molar-refractivity contribution >= 4 is 23.0 Å². The van der Waals surface area contributed by atoms with E-state index < -0.39 is 0 Å². The second-order valence-corrected chi connectivity index (χ2v) is 5.72. The largest absolute Gasteiger partial charge is 0.381 e. The van der Waals surface area contributed by atoms with Gasteiger partial charge in [-0.15, -0.1) is 0 Å². The van der Waals surface area contributed by atoms with Gasteiger partial charge in [0.25, 0.3) is 0 Å². The van der Waals surface area contributed by atoms with Crippen molar-refractivity contribution in [2.45, 2.75) is 19.4 Å². The van der Waals surface area contributed by atoms with Crippen LogP contribution in [-0.4, -0.2) is 20.1 Å². The summed E-state index contributed by atoms with van der Waals surface area (Å²) in [6, 6.07) is 16.8. The van der Waals surface area contributed by atoms with Crippen molar-refractivity contribution < 1.29 is 0 Å². The van der Waals surface area contributed by atoms with E-state index in [1.807, 2.05) is 12.1 Å². The Morgan fingerprint density at radius 2 is 1.70 bits per heavy atom. The molecule has 20 heavy (non-hydrogen) atoms. The van der Waals surface area contributed by atoms with Gasteiger partial charge in [0.15, 0.2) is 0 Å². The average molecular weight is 289 g/mol. The highest BCUT2D eigenvalue weighted by Gasteiger charge is 2.08. The van der Waals surface area contributed by atoms with E-state index in [1.54, 1.807) is 0 Å². The van der Waals surface area contributed by atoms with Crippen molar-refractivity contribution in [3.8, 4) is 0 Å². The zero-order valence-electron chi connectivity index (χ0n) is 12.2. The van der Waals surface area contributed by atoms with Crippen LogP contribution in [0.5, 0.6) is 0 Å². The van der Waals surface area contributed by atoms with Crippen LogP contribution in [0.1, 0.15) is 12.5 Å². The molecule has 1 atom stereocenters. The van der Waals surface area contributed by atoms with E-state index in [0.717, 1.165) is 11.4 Å². The van der Waals surface area contributed by atoms with E-state index in [0.29, 0.717) is 6.04 Å². The van der Waals surface area contributed by atoms with Crippen molar-refractivity contribution in [1.82, 2.24) is 0 Å². The maximum absolute atomic E-state index is 5.91. The van der Waals surface area contributed by atoms with Gasteiger partial charge in [0.05, 0.1) is 11.4 Å². The molecule has 2 rings (SSSR count). The van der Waals surface area contributed by atoms with Gasteiger partial charge in [-0.3, -0.25) is 0 Å². The summed E-state index contributed by atoms with van der Waals surface area (Å²) in [7, 11) is 4.12. The predicted octanol–water partition coefficient (Wildman–Crippen LogP) is 4.45. The van der Waals surface area contributed by atoms with Crippen LogP contribution in [0.25, 0.3) is 0 Å². The SMILES string of the molecule is CC(Cc1ccc(Cl)cc1)Nc1ccccc1N(C)C. The van der Waals surface area contributed by atoms with Gasteiger partial charge >= 0.3 is 0 Å². The van der Waals surface area contributed by atoms with Crippen molar-refractivity contribution in [2.24, 2.45) is 0 Å². The first kappa shape index (κ1) is 14.7. The first-order chi connectivity index (χ1) is 9.56. The Kier molecular flexibility index (Phi) is 4.91. The molecule has 0 fully saturated rings. The predicted molar refractivity (Wildman–Crippen MR) is 89.0 cm³/mol. The number of benzene rings is 2. The van der Waals surface area contributed by atoms with Crippen molar-refractivity contribution in [3.05, 3.63) is 59.1 Å². The number of nitrogens with one attached hydrogen (secondary N) is 1. The second-order valence-electron chi connectivity index (χ2n) is 5.29. The molecule has 2 aromatic rings. The number of halogens is 1. The molecule has 0 aliphatic heterocycles. The topological polar surface area (TPSA) is 15.3 Å². The summed E-state index contributed by atoms with van der Waals surface area (Å²) in [5, 5.41) is 4.36. The fourth-order valence-corrected chi connectivity index (χ4v) is 2.40. The van der Waals surface area contributed by atoms with Crippen molar-refractivity contribution in [2.75, 3.05) is 24.3 Å². The monoisotopic (exact) mass is 288 g/mol. The van der Waals surface area contributed by atoms with E-state index in [1.165, 1.54) is 16.9 Å². The molecule has 1 N–H and O–H groups in total. The number of nitrogens with zero attached hydrogens (tertiary/aromatic N) is 1. The molecule has 1 unspecified atom stereocenters. The van der Waals surface area contributed by atoms with Crippen LogP contribution in [0, 0.1) is 0 Å². The minimum atomic E-state index is 0.359. The van der Waals surface area contributed by atoms with Crippen LogP contribution >= 0.6 is 11.6 Å². The molecule has 0 spiro atoms. The van der Waals surface area contributed by atoms with Gasteiger partial charge in [0, 0.05) is 25.2 Å². The Labute approximate surface area is 126 Å². The van der Waals surface area contributed by atoms with E-state index >= 15 is 0 Å². The first-order valence-corrected chi connectivity index (χ1v) is 7.21. The molecule has 0 radical (unpaired) electrons. The maximum atomic E-state index is 5.91. The zero-order chi connectivity index (χ0) is 14.5. The molecule has 2 nitrogen and oxygen atoms in total. The standard InChI is InChI=1S/C17H21ClN2/c1-13(12-14-8-10-15(18)11-9-14)19-16-6-4-5-7-17(16)20(2)3/h4-11,13,19H,12H2,1-3H3. The summed E-state index contributed by atoms with van der Waals surface area (Å²) in [6.07, 6.45) is 0.971. The Hall–Kier alpha value is -1.67. The Bertz CT molecular complexity index is 549. The van der Waals surface area contributed by atoms with E-state index in [4.69, 9.17) is 11.6 Å². The summed E-state index contributed by atoms with van der Waals surface area (Å²) < 4.78 is 0. The van der Waals surface area contributed by atoms with Crippen LogP contribution in [-0.2, 0) is 6.42 Å². The van der Waals surface area contributed by atoms with Gasteiger partial charge in [0.1, 0.15) is 0 Å². The lowest BCUT2D eigenvalue weighted by atomic mass is 10.1. The van der Waals surface area contributed by atoms with Gasteiger partial charge in [0.2, 0.25) is 0 Å². The normalized spacial score (nSPS) is 12.0. The van der Waals surface area contributed by atoms with E-state index in [2.05, 4.69) is 67.6 Å². The highest BCUT2D eigenvalue weighted by molar-refractivity contribution is 6.30. The quantitative estimate of drug-likeness (QED) is 0.874. The summed E-state index contributed by atoms with van der Waals surface area (Å²) in [6.45, 7) is 2.20. The molecule has 0 bridgehead atoms. The molecule has 2 aromatic carbocycles. The molecule has 3 heteroatoms. The van der Waals surface area contributed by atoms with Crippen LogP contribution < -0.4 is 10.2 Å². The van der Waals surface area contributed by atoms with E-state index in [9.17, 15) is 0 Å². The summed E-state index contributed by atoms with van der Waals surface area (Å²) in [5.74, 6) is 0. The fraction of sp³-hybridized carbons (Fsp3) is 0.294. The number of hydrogen-bond acceptors (Lipinski definition) is 2. The lowest BCUT2D eigenvalue weighted by Gasteiger charge is -2.22. The third-order valence-electron chi connectivity index (χ3n) is 3.24. The third-order valence-corrected chi connectivity index (χ3v) is 3.49. The summed E-state index contributed by atoms with van der Waals surface area (Å²) in [5.41, 5.74) is 3.66. The van der Waals surface area contributed by atoms with Gasteiger partial charge in [-0.1, -0.05) is 35.9 Å². The lowest BCUT2D eigenvalue weighted by Crippen LogP contribution is -2.20. The van der Waals surface area contributed by atoms with Crippen LogP contribution in [0.15, 0.2) is 48.5 Å². The number of para-hydroxylation sites is 2. The van der Waals surface area contributed by atoms with Gasteiger partial charge < -0.3 is 10.2 Å². The van der Waals surface area contributed by atoms with Crippen LogP contribution in [0.2, 0.25) is 5.02 Å². The van der Waals surface area contributed by atoms with Crippen LogP contribution in [0.4, 0.5) is 11.4 Å². The van der Waals surface area contributed by atoms with Gasteiger partial charge in [-0.05, 0) is 43.2 Å². The Morgan fingerprint density at radius 3 is 2.35 bits per heavy atom. The molecule has 0 aliphatic carbocycles. The van der Waals surface area contributed by atoms with Gasteiger partial charge in [-0.25, -0.2) is 0 Å². The first-order valence-electron chi connectivity index (χ1n) is 6.83. The molecule has 106 valence electrons. The highest BCUT2D eigenvalue weighted by atomic mass is 35.5. The Morgan fingerprint density at radius 1 is 1.05 bits per heavy atom. The highest BCUT2D eigenvalue weighted by Crippen LogP contribution is 2.24. The number of anilines is 2. The smallest absolute Gasteiger partial charge is 0.0596 e. The molecule has 0 heterocycles. The minimum absolute atomic E-state index is 0.359.